The van der Waals surface area contributed by atoms with Crippen LogP contribution in [0.4, 0.5) is 0 Å². The normalized spacial score (nSPS) is 33.8. The van der Waals surface area contributed by atoms with Gasteiger partial charge in [-0.15, -0.1) is 0 Å². The third-order valence-corrected chi connectivity index (χ3v) is 3.48. The molecule has 12 heavy (non-hydrogen) atoms. The van der Waals surface area contributed by atoms with Crippen LogP contribution < -0.4 is 5.32 Å². The van der Waals surface area contributed by atoms with Gasteiger partial charge in [0.05, 0.1) is 13.2 Å². The summed E-state index contributed by atoms with van der Waals surface area (Å²) < 4.78 is 5.36. The predicted molar refractivity (Wildman–Crippen MR) is 49.1 cm³/mol. The van der Waals surface area contributed by atoms with Gasteiger partial charge in [0.1, 0.15) is 0 Å². The summed E-state index contributed by atoms with van der Waals surface area (Å²) in [6, 6.07) is 0. The molecule has 1 unspecified atom stereocenters. The van der Waals surface area contributed by atoms with E-state index in [2.05, 4.69) is 19.2 Å². The summed E-state index contributed by atoms with van der Waals surface area (Å²) in [5.74, 6) is 1.70. The molecule has 0 aromatic carbocycles. The van der Waals surface area contributed by atoms with E-state index in [1.807, 2.05) is 0 Å². The van der Waals surface area contributed by atoms with Gasteiger partial charge in [0.2, 0.25) is 0 Å². The monoisotopic (exact) mass is 169 g/mol. The van der Waals surface area contributed by atoms with Crippen molar-refractivity contribution in [2.75, 3.05) is 26.3 Å². The first-order valence-corrected chi connectivity index (χ1v) is 5.03. The molecule has 1 N–H and O–H groups in total. The second kappa shape index (κ2) is 3.00. The summed E-state index contributed by atoms with van der Waals surface area (Å²) in [5.41, 5.74) is 0.506. The molecule has 2 heteroatoms. The molecule has 2 heterocycles. The smallest absolute Gasteiger partial charge is 0.0559 e. The summed E-state index contributed by atoms with van der Waals surface area (Å²) in [5, 5.41) is 3.48. The molecule has 0 aromatic heterocycles. The Bertz CT molecular complexity index is 163. The average molecular weight is 169 g/mol. The minimum atomic E-state index is 0.506. The highest BCUT2D eigenvalue weighted by Crippen LogP contribution is 2.43. The lowest BCUT2D eigenvalue weighted by atomic mass is 9.65. The Balaban J connectivity index is 2.06. The second-order valence-electron chi connectivity index (χ2n) is 4.67. The van der Waals surface area contributed by atoms with Crippen LogP contribution in [0.2, 0.25) is 0 Å². The molecular formula is C10H19NO. The van der Waals surface area contributed by atoms with Crippen molar-refractivity contribution in [1.29, 1.82) is 0 Å². The number of hydrogen-bond donors (Lipinski definition) is 1. The summed E-state index contributed by atoms with van der Waals surface area (Å²) in [7, 11) is 0. The van der Waals surface area contributed by atoms with Crippen LogP contribution in [-0.2, 0) is 4.74 Å². The van der Waals surface area contributed by atoms with E-state index >= 15 is 0 Å². The molecule has 2 rings (SSSR count). The van der Waals surface area contributed by atoms with Crippen LogP contribution in [0.3, 0.4) is 0 Å². The minimum absolute atomic E-state index is 0.506. The lowest BCUT2D eigenvalue weighted by Crippen LogP contribution is -2.59. The number of hydrogen-bond acceptors (Lipinski definition) is 2. The summed E-state index contributed by atoms with van der Waals surface area (Å²) in [4.78, 5) is 0. The molecule has 1 atom stereocenters. The van der Waals surface area contributed by atoms with Gasteiger partial charge in [-0.25, -0.2) is 0 Å². The average Bonchev–Trinajstić information content (AvgIpc) is 2.01. The quantitative estimate of drug-likeness (QED) is 0.638. The van der Waals surface area contributed by atoms with Crippen LogP contribution in [0, 0.1) is 17.3 Å². The minimum Gasteiger partial charge on any atom is -0.380 e. The van der Waals surface area contributed by atoms with Crippen molar-refractivity contribution in [2.45, 2.75) is 20.3 Å². The van der Waals surface area contributed by atoms with Gasteiger partial charge < -0.3 is 10.1 Å². The molecule has 2 fully saturated rings. The Morgan fingerprint density at radius 1 is 1.42 bits per heavy atom. The SMILES string of the molecule is CC(C)C1CCNCC12COC2. The van der Waals surface area contributed by atoms with Crippen molar-refractivity contribution in [3.63, 3.8) is 0 Å². The van der Waals surface area contributed by atoms with Gasteiger partial charge in [-0.1, -0.05) is 13.8 Å². The molecule has 0 aromatic rings. The Morgan fingerprint density at radius 2 is 2.17 bits per heavy atom. The highest BCUT2D eigenvalue weighted by atomic mass is 16.5. The summed E-state index contributed by atoms with van der Waals surface area (Å²) >= 11 is 0. The zero-order valence-electron chi connectivity index (χ0n) is 8.10. The van der Waals surface area contributed by atoms with Crippen molar-refractivity contribution in [3.05, 3.63) is 0 Å². The molecule has 0 saturated carbocycles. The molecule has 0 radical (unpaired) electrons. The van der Waals surface area contributed by atoms with Gasteiger partial charge in [-0.2, -0.15) is 0 Å². The van der Waals surface area contributed by atoms with Gasteiger partial charge in [0.15, 0.2) is 0 Å². The lowest BCUT2D eigenvalue weighted by molar-refractivity contribution is -0.163. The van der Waals surface area contributed by atoms with Crippen molar-refractivity contribution in [3.8, 4) is 0 Å². The summed E-state index contributed by atoms with van der Waals surface area (Å²) in [6.07, 6.45) is 1.33. The van der Waals surface area contributed by atoms with Gasteiger partial charge in [-0.3, -0.25) is 0 Å². The number of ether oxygens (including phenoxy) is 1. The predicted octanol–water partition coefficient (Wildman–Crippen LogP) is 1.27. The third kappa shape index (κ3) is 1.17. The van der Waals surface area contributed by atoms with Crippen LogP contribution in [0.25, 0.3) is 0 Å². The molecule has 2 saturated heterocycles. The zero-order valence-corrected chi connectivity index (χ0v) is 8.10. The lowest BCUT2D eigenvalue weighted by Gasteiger charge is -2.51. The van der Waals surface area contributed by atoms with Crippen LogP contribution >= 0.6 is 0 Å². The van der Waals surface area contributed by atoms with E-state index in [0.717, 1.165) is 25.0 Å². The highest BCUT2D eigenvalue weighted by Gasteiger charge is 2.47. The van der Waals surface area contributed by atoms with E-state index in [-0.39, 0.29) is 0 Å². The van der Waals surface area contributed by atoms with Crippen molar-refractivity contribution in [2.24, 2.45) is 17.3 Å². The van der Waals surface area contributed by atoms with Crippen LogP contribution in [-0.4, -0.2) is 26.3 Å². The first-order chi connectivity index (χ1) is 5.75. The van der Waals surface area contributed by atoms with E-state index in [0.29, 0.717) is 5.41 Å². The van der Waals surface area contributed by atoms with Gasteiger partial charge in [0.25, 0.3) is 0 Å². The third-order valence-electron chi connectivity index (χ3n) is 3.48. The van der Waals surface area contributed by atoms with Gasteiger partial charge in [0, 0.05) is 12.0 Å². The molecule has 2 aliphatic heterocycles. The Kier molecular flexibility index (Phi) is 2.13. The van der Waals surface area contributed by atoms with Crippen molar-refractivity contribution in [1.82, 2.24) is 5.32 Å². The van der Waals surface area contributed by atoms with Gasteiger partial charge >= 0.3 is 0 Å². The van der Waals surface area contributed by atoms with Gasteiger partial charge in [-0.05, 0) is 24.8 Å². The fourth-order valence-corrected chi connectivity index (χ4v) is 2.75. The molecule has 0 amide bonds. The largest absolute Gasteiger partial charge is 0.380 e. The fourth-order valence-electron chi connectivity index (χ4n) is 2.75. The molecule has 70 valence electrons. The van der Waals surface area contributed by atoms with E-state index in [9.17, 15) is 0 Å². The topological polar surface area (TPSA) is 21.3 Å². The number of nitrogens with one attached hydrogen (secondary N) is 1. The molecule has 0 aliphatic carbocycles. The standard InChI is InChI=1S/C10H19NO/c1-8(2)9-3-4-11-5-10(9)6-12-7-10/h8-9,11H,3-7H2,1-2H3. The molecule has 2 nitrogen and oxygen atoms in total. The Labute approximate surface area is 74.7 Å². The number of rotatable bonds is 1. The molecular weight excluding hydrogens is 150 g/mol. The van der Waals surface area contributed by atoms with Crippen molar-refractivity contribution >= 4 is 0 Å². The Hall–Kier alpha value is -0.0800. The maximum atomic E-state index is 5.36. The highest BCUT2D eigenvalue weighted by molar-refractivity contribution is 4.97. The van der Waals surface area contributed by atoms with E-state index < -0.39 is 0 Å². The van der Waals surface area contributed by atoms with Crippen LogP contribution in [0.5, 0.6) is 0 Å². The Morgan fingerprint density at radius 3 is 2.58 bits per heavy atom. The molecule has 1 spiro atoms. The van der Waals surface area contributed by atoms with E-state index in [1.54, 1.807) is 0 Å². The molecule has 2 aliphatic rings. The van der Waals surface area contributed by atoms with Crippen LogP contribution in [0.1, 0.15) is 20.3 Å². The molecule has 0 bridgehead atoms. The maximum absolute atomic E-state index is 5.36. The maximum Gasteiger partial charge on any atom is 0.0559 e. The zero-order chi connectivity index (χ0) is 8.60. The fraction of sp³-hybridized carbons (Fsp3) is 1.00. The van der Waals surface area contributed by atoms with E-state index in [4.69, 9.17) is 4.74 Å². The van der Waals surface area contributed by atoms with Crippen molar-refractivity contribution < 1.29 is 4.74 Å². The number of piperidine rings is 1. The second-order valence-corrected chi connectivity index (χ2v) is 4.67. The van der Waals surface area contributed by atoms with E-state index in [1.165, 1.54) is 19.5 Å². The summed E-state index contributed by atoms with van der Waals surface area (Å²) in [6.45, 7) is 9.04. The van der Waals surface area contributed by atoms with Crippen LogP contribution in [0.15, 0.2) is 0 Å². The first-order valence-electron chi connectivity index (χ1n) is 5.03. The first kappa shape index (κ1) is 8.52.